The lowest BCUT2D eigenvalue weighted by Crippen LogP contribution is -2.42. The Morgan fingerprint density at radius 3 is 2.80 bits per heavy atom. The highest BCUT2D eigenvalue weighted by atomic mass is 32.1. The molecule has 0 aromatic carbocycles. The van der Waals surface area contributed by atoms with Crippen molar-refractivity contribution in [2.75, 3.05) is 13.1 Å². The number of amides is 1. The molecule has 1 aliphatic rings. The molecular formula is C19H25N3O2S. The van der Waals surface area contributed by atoms with E-state index in [9.17, 15) is 4.79 Å². The van der Waals surface area contributed by atoms with Crippen molar-refractivity contribution in [3.05, 3.63) is 35.0 Å². The predicted molar refractivity (Wildman–Crippen MR) is 99.9 cm³/mol. The van der Waals surface area contributed by atoms with Gasteiger partial charge < -0.3 is 9.64 Å². The minimum atomic E-state index is -0.467. The van der Waals surface area contributed by atoms with Crippen molar-refractivity contribution < 1.29 is 9.53 Å². The van der Waals surface area contributed by atoms with Crippen molar-refractivity contribution in [1.82, 2.24) is 14.9 Å². The van der Waals surface area contributed by atoms with Crippen LogP contribution in [-0.2, 0) is 4.74 Å². The number of nitrogens with zero attached hydrogens (tertiary/aromatic N) is 3. The van der Waals surface area contributed by atoms with E-state index in [1.165, 1.54) is 0 Å². The molecule has 1 aliphatic heterocycles. The molecule has 1 atom stereocenters. The van der Waals surface area contributed by atoms with Crippen LogP contribution in [0.25, 0.3) is 10.7 Å². The Morgan fingerprint density at radius 1 is 1.32 bits per heavy atom. The first-order valence-corrected chi connectivity index (χ1v) is 9.57. The van der Waals surface area contributed by atoms with E-state index in [-0.39, 0.29) is 12.0 Å². The third-order valence-corrected chi connectivity index (χ3v) is 5.08. The van der Waals surface area contributed by atoms with E-state index in [2.05, 4.69) is 4.98 Å². The van der Waals surface area contributed by atoms with E-state index in [4.69, 9.17) is 9.72 Å². The van der Waals surface area contributed by atoms with Gasteiger partial charge in [-0.15, -0.1) is 11.3 Å². The second kappa shape index (κ2) is 7.12. The van der Waals surface area contributed by atoms with Crippen LogP contribution in [0.2, 0.25) is 0 Å². The van der Waals surface area contributed by atoms with Gasteiger partial charge in [-0.3, -0.25) is 0 Å². The fraction of sp³-hybridized carbons (Fsp3) is 0.526. The van der Waals surface area contributed by atoms with Crippen LogP contribution in [0.3, 0.4) is 0 Å². The number of hydrogen-bond donors (Lipinski definition) is 0. The number of hydrogen-bond acceptors (Lipinski definition) is 5. The summed E-state index contributed by atoms with van der Waals surface area (Å²) < 4.78 is 5.52. The summed E-state index contributed by atoms with van der Waals surface area (Å²) in [6.07, 6.45) is 1.77. The smallest absolute Gasteiger partial charge is 0.410 e. The van der Waals surface area contributed by atoms with Crippen LogP contribution in [0, 0.1) is 6.92 Å². The summed E-state index contributed by atoms with van der Waals surface area (Å²) >= 11 is 1.61. The zero-order valence-electron chi connectivity index (χ0n) is 15.3. The van der Waals surface area contributed by atoms with Gasteiger partial charge in [0.1, 0.15) is 10.6 Å². The van der Waals surface area contributed by atoms with Crippen molar-refractivity contribution in [3.63, 3.8) is 0 Å². The molecule has 134 valence electrons. The van der Waals surface area contributed by atoms with Gasteiger partial charge in [-0.1, -0.05) is 6.07 Å². The zero-order chi connectivity index (χ0) is 18.0. The number of carbonyl (C=O) groups is 1. The number of ether oxygens (including phenoxy) is 1. The lowest BCUT2D eigenvalue weighted by Gasteiger charge is -2.34. The maximum absolute atomic E-state index is 12.4. The van der Waals surface area contributed by atoms with Crippen LogP contribution >= 0.6 is 11.3 Å². The van der Waals surface area contributed by atoms with Crippen molar-refractivity contribution >= 4 is 17.4 Å². The molecule has 1 saturated heterocycles. The molecule has 2 aromatic heterocycles. The van der Waals surface area contributed by atoms with E-state index in [1.54, 1.807) is 16.2 Å². The fourth-order valence-corrected chi connectivity index (χ4v) is 3.75. The molecule has 25 heavy (non-hydrogen) atoms. The van der Waals surface area contributed by atoms with Crippen LogP contribution in [0.5, 0.6) is 0 Å². The number of thiazole rings is 1. The number of pyridine rings is 1. The topological polar surface area (TPSA) is 55.3 Å². The first kappa shape index (κ1) is 17.9. The van der Waals surface area contributed by atoms with Crippen LogP contribution in [0.15, 0.2) is 23.6 Å². The standard InChI is InChI=1S/C19H25N3O2S/c1-13-12-25-17(20-13)16-9-5-8-15(21-16)14-7-6-10-22(11-14)18(23)24-19(2,3)4/h5,8-9,12,14H,6-7,10-11H2,1-4H3/t14-/m0/s1. The lowest BCUT2D eigenvalue weighted by atomic mass is 9.94. The molecule has 0 spiro atoms. The maximum atomic E-state index is 12.4. The third kappa shape index (κ3) is 4.57. The van der Waals surface area contributed by atoms with Gasteiger partial charge in [0.05, 0.1) is 5.69 Å². The average molecular weight is 359 g/mol. The Bertz CT molecular complexity index is 751. The molecule has 3 rings (SSSR count). The highest BCUT2D eigenvalue weighted by Gasteiger charge is 2.29. The number of piperidine rings is 1. The lowest BCUT2D eigenvalue weighted by molar-refractivity contribution is 0.0197. The fourth-order valence-electron chi connectivity index (χ4n) is 2.98. The Hall–Kier alpha value is -1.95. The zero-order valence-corrected chi connectivity index (χ0v) is 16.1. The normalized spacial score (nSPS) is 18.2. The number of aromatic nitrogens is 2. The highest BCUT2D eigenvalue weighted by molar-refractivity contribution is 7.13. The molecule has 0 bridgehead atoms. The van der Waals surface area contributed by atoms with E-state index in [0.717, 1.165) is 41.5 Å². The molecule has 1 fully saturated rings. The van der Waals surface area contributed by atoms with Crippen LogP contribution in [0.1, 0.15) is 50.9 Å². The molecule has 3 heterocycles. The molecular weight excluding hydrogens is 334 g/mol. The van der Waals surface area contributed by atoms with Crippen molar-refractivity contribution in [2.45, 2.75) is 52.1 Å². The number of aryl methyl sites for hydroxylation is 1. The van der Waals surface area contributed by atoms with Gasteiger partial charge in [0.2, 0.25) is 0 Å². The minimum absolute atomic E-state index is 0.232. The minimum Gasteiger partial charge on any atom is -0.444 e. The van der Waals surface area contributed by atoms with E-state index < -0.39 is 5.60 Å². The summed E-state index contributed by atoms with van der Waals surface area (Å²) in [6, 6.07) is 6.07. The Balaban J connectivity index is 1.74. The van der Waals surface area contributed by atoms with Gasteiger partial charge in [0.25, 0.3) is 0 Å². The summed E-state index contributed by atoms with van der Waals surface area (Å²) in [5.41, 5.74) is 2.48. The summed E-state index contributed by atoms with van der Waals surface area (Å²) in [5, 5.41) is 2.98. The van der Waals surface area contributed by atoms with Crippen LogP contribution in [-0.4, -0.2) is 39.7 Å². The second-order valence-corrected chi connectivity index (χ2v) is 8.37. The van der Waals surface area contributed by atoms with Gasteiger partial charge in [-0.25, -0.2) is 14.8 Å². The van der Waals surface area contributed by atoms with Crippen LogP contribution in [0.4, 0.5) is 4.79 Å². The number of carbonyl (C=O) groups excluding carboxylic acids is 1. The second-order valence-electron chi connectivity index (χ2n) is 7.51. The molecule has 6 heteroatoms. The first-order chi connectivity index (χ1) is 11.8. The molecule has 0 saturated carbocycles. The van der Waals surface area contributed by atoms with Gasteiger partial charge in [-0.2, -0.15) is 0 Å². The third-order valence-electron chi connectivity index (χ3n) is 4.10. The van der Waals surface area contributed by atoms with Gasteiger partial charge in [0.15, 0.2) is 0 Å². The van der Waals surface area contributed by atoms with Crippen LogP contribution < -0.4 is 0 Å². The largest absolute Gasteiger partial charge is 0.444 e. The van der Waals surface area contributed by atoms with E-state index in [1.807, 2.05) is 51.3 Å². The Morgan fingerprint density at radius 2 is 2.12 bits per heavy atom. The Labute approximate surface area is 153 Å². The number of rotatable bonds is 2. The monoisotopic (exact) mass is 359 g/mol. The van der Waals surface area contributed by atoms with E-state index >= 15 is 0 Å². The van der Waals surface area contributed by atoms with Crippen molar-refractivity contribution in [1.29, 1.82) is 0 Å². The summed E-state index contributed by atoms with van der Waals surface area (Å²) in [5.74, 6) is 0.238. The molecule has 1 amide bonds. The van der Waals surface area contributed by atoms with Crippen molar-refractivity contribution in [3.8, 4) is 10.7 Å². The molecule has 2 aromatic rings. The quantitative estimate of drug-likeness (QED) is 0.784. The number of likely N-dealkylation sites (tertiary alicyclic amines) is 1. The van der Waals surface area contributed by atoms with Gasteiger partial charge in [0, 0.05) is 35.8 Å². The average Bonchev–Trinajstić information content (AvgIpc) is 3.00. The highest BCUT2D eigenvalue weighted by Crippen LogP contribution is 2.29. The first-order valence-electron chi connectivity index (χ1n) is 8.69. The summed E-state index contributed by atoms with van der Waals surface area (Å²) in [7, 11) is 0. The molecule has 0 radical (unpaired) electrons. The molecule has 5 nitrogen and oxygen atoms in total. The summed E-state index contributed by atoms with van der Waals surface area (Å²) in [6.45, 7) is 9.08. The molecule has 0 unspecified atom stereocenters. The molecule has 0 N–H and O–H groups in total. The summed E-state index contributed by atoms with van der Waals surface area (Å²) in [4.78, 5) is 23.5. The molecule has 0 aliphatic carbocycles. The van der Waals surface area contributed by atoms with Crippen molar-refractivity contribution in [2.24, 2.45) is 0 Å². The Kier molecular flexibility index (Phi) is 5.08. The SMILES string of the molecule is Cc1csc(-c2cccc([C@H]3CCCN(C(=O)OC(C)(C)C)C3)n2)n1. The van der Waals surface area contributed by atoms with Gasteiger partial charge in [-0.05, 0) is 52.7 Å². The van der Waals surface area contributed by atoms with E-state index in [0.29, 0.717) is 6.54 Å². The predicted octanol–water partition coefficient (Wildman–Crippen LogP) is 4.63. The maximum Gasteiger partial charge on any atom is 0.410 e. The van der Waals surface area contributed by atoms with Gasteiger partial charge >= 0.3 is 6.09 Å².